The number of nitrogen functional groups attached to an aromatic ring is 1. The number of piperidine rings is 1. The van der Waals surface area contributed by atoms with Crippen LogP contribution in [0.2, 0.25) is 0 Å². The Morgan fingerprint density at radius 1 is 1.19 bits per heavy atom. The fourth-order valence-electron chi connectivity index (χ4n) is 2.29. The van der Waals surface area contributed by atoms with Crippen molar-refractivity contribution in [2.45, 2.75) is 25.7 Å². The van der Waals surface area contributed by atoms with Crippen molar-refractivity contribution in [3.05, 3.63) is 29.3 Å². The minimum Gasteiger partial charge on any atom is -0.399 e. The van der Waals surface area contributed by atoms with E-state index in [0.29, 0.717) is 0 Å². The number of hydrogen-bond acceptors (Lipinski definition) is 2. The molecular formula is C12H20Cl2N2. The molecule has 0 radical (unpaired) electrons. The monoisotopic (exact) mass is 262 g/mol. The van der Waals surface area contributed by atoms with E-state index in [2.05, 4.69) is 24.4 Å². The molecule has 92 valence electrons. The van der Waals surface area contributed by atoms with Gasteiger partial charge in [-0.1, -0.05) is 6.07 Å². The summed E-state index contributed by atoms with van der Waals surface area (Å²) in [5, 5.41) is 3.39. The van der Waals surface area contributed by atoms with Crippen LogP contribution in [0.5, 0.6) is 0 Å². The van der Waals surface area contributed by atoms with E-state index in [-0.39, 0.29) is 24.8 Å². The number of rotatable bonds is 1. The van der Waals surface area contributed by atoms with E-state index in [4.69, 9.17) is 5.73 Å². The number of benzene rings is 1. The Kier molecular flexibility index (Phi) is 6.81. The number of aryl methyl sites for hydroxylation is 1. The third kappa shape index (κ3) is 3.55. The van der Waals surface area contributed by atoms with E-state index in [1.165, 1.54) is 24.0 Å². The van der Waals surface area contributed by atoms with Gasteiger partial charge >= 0.3 is 0 Å². The highest BCUT2D eigenvalue weighted by molar-refractivity contribution is 5.85. The van der Waals surface area contributed by atoms with Gasteiger partial charge in [-0.15, -0.1) is 24.8 Å². The lowest BCUT2D eigenvalue weighted by Crippen LogP contribution is -2.26. The molecule has 1 heterocycles. The zero-order valence-corrected chi connectivity index (χ0v) is 11.2. The summed E-state index contributed by atoms with van der Waals surface area (Å²) in [5.41, 5.74) is 9.45. The predicted octanol–water partition coefficient (Wildman–Crippen LogP) is 2.89. The van der Waals surface area contributed by atoms with Crippen LogP contribution >= 0.6 is 24.8 Å². The fraction of sp³-hybridized carbons (Fsp3) is 0.500. The van der Waals surface area contributed by atoms with Gasteiger partial charge < -0.3 is 11.1 Å². The van der Waals surface area contributed by atoms with Crippen molar-refractivity contribution in [1.82, 2.24) is 5.32 Å². The summed E-state index contributed by atoms with van der Waals surface area (Å²) < 4.78 is 0. The van der Waals surface area contributed by atoms with Crippen LogP contribution in [0.15, 0.2) is 18.2 Å². The molecule has 0 bridgehead atoms. The van der Waals surface area contributed by atoms with Gasteiger partial charge in [-0.2, -0.15) is 0 Å². The molecule has 0 unspecified atom stereocenters. The maximum absolute atomic E-state index is 5.74. The second kappa shape index (κ2) is 7.00. The predicted molar refractivity (Wildman–Crippen MR) is 74.9 cm³/mol. The van der Waals surface area contributed by atoms with Gasteiger partial charge in [-0.05, 0) is 62.0 Å². The van der Waals surface area contributed by atoms with Gasteiger partial charge in [0.1, 0.15) is 0 Å². The molecule has 0 atom stereocenters. The summed E-state index contributed by atoms with van der Waals surface area (Å²) in [6.07, 6.45) is 2.51. The van der Waals surface area contributed by atoms with E-state index in [1.807, 2.05) is 6.07 Å². The van der Waals surface area contributed by atoms with E-state index in [9.17, 15) is 0 Å². The smallest absolute Gasteiger partial charge is 0.0316 e. The molecule has 0 amide bonds. The lowest BCUT2D eigenvalue weighted by Gasteiger charge is -2.24. The average molecular weight is 263 g/mol. The molecule has 2 rings (SSSR count). The summed E-state index contributed by atoms with van der Waals surface area (Å²) in [5.74, 6) is 0.733. The summed E-state index contributed by atoms with van der Waals surface area (Å²) in [7, 11) is 0. The molecule has 1 aromatic rings. The van der Waals surface area contributed by atoms with Crippen molar-refractivity contribution >= 4 is 30.5 Å². The largest absolute Gasteiger partial charge is 0.399 e. The van der Waals surface area contributed by atoms with Crippen LogP contribution in [-0.4, -0.2) is 13.1 Å². The highest BCUT2D eigenvalue weighted by Gasteiger charge is 2.16. The molecule has 0 aliphatic carbocycles. The molecule has 1 aromatic carbocycles. The number of hydrogen-bond donors (Lipinski definition) is 2. The van der Waals surface area contributed by atoms with Crippen molar-refractivity contribution in [3.63, 3.8) is 0 Å². The van der Waals surface area contributed by atoms with Gasteiger partial charge in [-0.3, -0.25) is 0 Å². The van der Waals surface area contributed by atoms with E-state index in [1.54, 1.807) is 0 Å². The molecule has 1 saturated heterocycles. The van der Waals surface area contributed by atoms with Crippen LogP contribution in [0, 0.1) is 6.92 Å². The van der Waals surface area contributed by atoms with Gasteiger partial charge in [0, 0.05) is 5.69 Å². The van der Waals surface area contributed by atoms with Gasteiger partial charge in [0.05, 0.1) is 0 Å². The molecule has 0 spiro atoms. The lowest BCUT2D eigenvalue weighted by molar-refractivity contribution is 0.459. The number of nitrogens with two attached hydrogens (primary N) is 1. The molecular weight excluding hydrogens is 243 g/mol. The first-order valence-corrected chi connectivity index (χ1v) is 5.34. The van der Waals surface area contributed by atoms with Gasteiger partial charge in [0.15, 0.2) is 0 Å². The van der Waals surface area contributed by atoms with Crippen LogP contribution in [0.25, 0.3) is 0 Å². The number of halogens is 2. The Morgan fingerprint density at radius 3 is 2.38 bits per heavy atom. The average Bonchev–Trinajstić information content (AvgIpc) is 2.19. The summed E-state index contributed by atoms with van der Waals surface area (Å²) in [6, 6.07) is 6.29. The quantitative estimate of drug-likeness (QED) is 0.764. The van der Waals surface area contributed by atoms with Crippen molar-refractivity contribution in [3.8, 4) is 0 Å². The highest BCUT2D eigenvalue weighted by atomic mass is 35.5. The third-order valence-electron chi connectivity index (χ3n) is 3.07. The van der Waals surface area contributed by atoms with Crippen LogP contribution in [0.1, 0.15) is 29.9 Å². The molecule has 1 fully saturated rings. The minimum atomic E-state index is 0. The Bertz CT molecular complexity index is 323. The minimum absolute atomic E-state index is 0. The van der Waals surface area contributed by atoms with E-state index >= 15 is 0 Å². The van der Waals surface area contributed by atoms with E-state index in [0.717, 1.165) is 24.7 Å². The second-order valence-electron chi connectivity index (χ2n) is 4.14. The zero-order chi connectivity index (χ0) is 9.97. The molecule has 1 aliphatic rings. The second-order valence-corrected chi connectivity index (χ2v) is 4.14. The highest BCUT2D eigenvalue weighted by Crippen LogP contribution is 2.28. The Morgan fingerprint density at radius 2 is 1.81 bits per heavy atom. The van der Waals surface area contributed by atoms with Crippen LogP contribution < -0.4 is 11.1 Å². The normalized spacial score (nSPS) is 16.1. The Hall–Kier alpha value is -0.440. The van der Waals surface area contributed by atoms with Crippen LogP contribution in [-0.2, 0) is 0 Å². The Balaban J connectivity index is 0.00000112. The molecule has 4 heteroatoms. The van der Waals surface area contributed by atoms with E-state index < -0.39 is 0 Å². The topological polar surface area (TPSA) is 38.0 Å². The Labute approximate surface area is 110 Å². The third-order valence-corrected chi connectivity index (χ3v) is 3.07. The van der Waals surface area contributed by atoms with Crippen molar-refractivity contribution in [2.24, 2.45) is 0 Å². The zero-order valence-electron chi connectivity index (χ0n) is 9.53. The standard InChI is InChI=1S/C12H18N2.2ClH/c1-9-8-11(13)2-3-12(9)10-4-6-14-7-5-10;;/h2-3,8,10,14H,4-7,13H2,1H3;2*1H. The van der Waals surface area contributed by atoms with Crippen LogP contribution in [0.4, 0.5) is 5.69 Å². The lowest BCUT2D eigenvalue weighted by atomic mass is 9.87. The molecule has 1 aliphatic heterocycles. The summed E-state index contributed by atoms with van der Waals surface area (Å²) in [4.78, 5) is 0. The SMILES string of the molecule is Cc1cc(N)ccc1C1CCNCC1.Cl.Cl. The van der Waals surface area contributed by atoms with Gasteiger partial charge in [0.25, 0.3) is 0 Å². The first kappa shape index (κ1) is 15.6. The van der Waals surface area contributed by atoms with Crippen molar-refractivity contribution in [2.75, 3.05) is 18.8 Å². The fourth-order valence-corrected chi connectivity index (χ4v) is 2.29. The van der Waals surface area contributed by atoms with Crippen molar-refractivity contribution in [1.29, 1.82) is 0 Å². The van der Waals surface area contributed by atoms with Gasteiger partial charge in [-0.25, -0.2) is 0 Å². The molecule has 3 N–H and O–H groups in total. The summed E-state index contributed by atoms with van der Waals surface area (Å²) in [6.45, 7) is 4.46. The molecule has 16 heavy (non-hydrogen) atoms. The number of nitrogens with one attached hydrogen (secondary N) is 1. The molecule has 2 nitrogen and oxygen atoms in total. The molecule has 0 saturated carbocycles. The summed E-state index contributed by atoms with van der Waals surface area (Å²) >= 11 is 0. The van der Waals surface area contributed by atoms with Crippen molar-refractivity contribution < 1.29 is 0 Å². The molecule has 0 aromatic heterocycles. The maximum atomic E-state index is 5.74. The van der Waals surface area contributed by atoms with Crippen LogP contribution in [0.3, 0.4) is 0 Å². The maximum Gasteiger partial charge on any atom is 0.0316 e. The first-order valence-electron chi connectivity index (χ1n) is 5.34. The number of anilines is 1. The van der Waals surface area contributed by atoms with Gasteiger partial charge in [0.2, 0.25) is 0 Å². The first-order chi connectivity index (χ1) is 6.77.